The molecule has 1 unspecified atom stereocenters. The van der Waals surface area contributed by atoms with Crippen LogP contribution in [0.15, 0.2) is 29.2 Å². The highest BCUT2D eigenvalue weighted by atomic mass is 32.2. The van der Waals surface area contributed by atoms with Crippen molar-refractivity contribution in [3.8, 4) is 0 Å². The van der Waals surface area contributed by atoms with Crippen molar-refractivity contribution in [1.29, 1.82) is 0 Å². The molecule has 6 nitrogen and oxygen atoms in total. The molecular weight excluding hydrogens is 310 g/mol. The van der Waals surface area contributed by atoms with Crippen molar-refractivity contribution in [1.82, 2.24) is 9.62 Å². The summed E-state index contributed by atoms with van der Waals surface area (Å²) in [6, 6.07) is 6.43. The normalized spacial score (nSPS) is 20.3. The van der Waals surface area contributed by atoms with Crippen molar-refractivity contribution in [3.63, 3.8) is 0 Å². The lowest BCUT2D eigenvalue weighted by atomic mass is 10.2. The van der Waals surface area contributed by atoms with Gasteiger partial charge in [0.2, 0.25) is 10.0 Å². The zero-order valence-electron chi connectivity index (χ0n) is 11.8. The quantitative estimate of drug-likeness (QED) is 0.736. The number of hydrogen-bond acceptors (Lipinski definition) is 5. The molecule has 1 aliphatic heterocycles. The molecule has 1 aromatic rings. The Balaban J connectivity index is 2.10. The lowest BCUT2D eigenvalue weighted by Crippen LogP contribution is -2.46. The molecule has 3 N–H and O–H groups in total. The van der Waals surface area contributed by atoms with Gasteiger partial charge in [0.05, 0.1) is 17.6 Å². The van der Waals surface area contributed by atoms with E-state index in [2.05, 4.69) is 9.62 Å². The molecule has 0 amide bonds. The van der Waals surface area contributed by atoms with Crippen LogP contribution < -0.4 is 10.5 Å². The second-order valence-corrected chi connectivity index (χ2v) is 7.14. The Morgan fingerprint density at radius 1 is 1.52 bits per heavy atom. The average molecular weight is 329 g/mol. The van der Waals surface area contributed by atoms with Crippen molar-refractivity contribution in [3.05, 3.63) is 29.8 Å². The highest BCUT2D eigenvalue weighted by Crippen LogP contribution is 2.15. The first-order valence-electron chi connectivity index (χ1n) is 6.59. The van der Waals surface area contributed by atoms with E-state index in [0.29, 0.717) is 18.7 Å². The van der Waals surface area contributed by atoms with Gasteiger partial charge in [-0.1, -0.05) is 30.4 Å². The molecule has 1 aliphatic rings. The van der Waals surface area contributed by atoms with Crippen LogP contribution in [0.5, 0.6) is 0 Å². The molecule has 1 fully saturated rings. The van der Waals surface area contributed by atoms with Crippen LogP contribution in [0.25, 0.3) is 0 Å². The maximum atomic E-state index is 12.4. The second kappa shape index (κ2) is 6.80. The maximum Gasteiger partial charge on any atom is 0.241 e. The minimum atomic E-state index is -3.67. The molecule has 2 rings (SSSR count). The fraction of sp³-hybridized carbons (Fsp3) is 0.462. The molecule has 1 heterocycles. The number of nitrogens with two attached hydrogens (primary N) is 1. The SMILES string of the molecule is CN1CCOC(CNS(=O)(=O)c2ccccc2C(N)=S)C1. The smallest absolute Gasteiger partial charge is 0.241 e. The number of likely N-dealkylation sites (N-methyl/N-ethyl adjacent to an activating group) is 1. The van der Waals surface area contributed by atoms with Crippen molar-refractivity contribution in [2.45, 2.75) is 11.0 Å². The number of nitrogens with one attached hydrogen (secondary N) is 1. The monoisotopic (exact) mass is 329 g/mol. The lowest BCUT2D eigenvalue weighted by molar-refractivity contribution is -0.0156. The molecular formula is C13H19N3O3S2. The summed E-state index contributed by atoms with van der Waals surface area (Å²) in [4.78, 5) is 2.26. The van der Waals surface area contributed by atoms with Gasteiger partial charge in [0.15, 0.2) is 0 Å². The van der Waals surface area contributed by atoms with Crippen molar-refractivity contribution < 1.29 is 13.2 Å². The molecule has 0 spiro atoms. The minimum absolute atomic E-state index is 0.0598. The Labute approximate surface area is 130 Å². The third kappa shape index (κ3) is 4.21. The lowest BCUT2D eigenvalue weighted by Gasteiger charge is -2.30. The third-order valence-corrected chi connectivity index (χ3v) is 4.99. The van der Waals surface area contributed by atoms with Crippen LogP contribution >= 0.6 is 12.2 Å². The van der Waals surface area contributed by atoms with Gasteiger partial charge in [-0.3, -0.25) is 0 Å². The van der Waals surface area contributed by atoms with Crippen LogP contribution in [-0.4, -0.2) is 57.7 Å². The van der Waals surface area contributed by atoms with E-state index >= 15 is 0 Å². The van der Waals surface area contributed by atoms with E-state index in [0.717, 1.165) is 6.54 Å². The molecule has 1 atom stereocenters. The first-order chi connectivity index (χ1) is 9.90. The predicted molar refractivity (Wildman–Crippen MR) is 84.8 cm³/mol. The van der Waals surface area contributed by atoms with Gasteiger partial charge in [-0.25, -0.2) is 13.1 Å². The summed E-state index contributed by atoms with van der Waals surface area (Å²) in [5.41, 5.74) is 5.93. The van der Waals surface area contributed by atoms with Gasteiger partial charge >= 0.3 is 0 Å². The van der Waals surface area contributed by atoms with Gasteiger partial charge in [-0.15, -0.1) is 0 Å². The van der Waals surface area contributed by atoms with Gasteiger partial charge in [-0.05, 0) is 13.1 Å². The Morgan fingerprint density at radius 3 is 2.90 bits per heavy atom. The second-order valence-electron chi connectivity index (χ2n) is 4.97. The average Bonchev–Trinajstić information content (AvgIpc) is 2.45. The summed E-state index contributed by atoms with van der Waals surface area (Å²) in [7, 11) is -1.69. The summed E-state index contributed by atoms with van der Waals surface area (Å²) >= 11 is 4.90. The van der Waals surface area contributed by atoms with Gasteiger partial charge in [0.1, 0.15) is 4.99 Å². The molecule has 1 aromatic carbocycles. The Bertz CT molecular complexity index is 619. The molecule has 1 saturated heterocycles. The van der Waals surface area contributed by atoms with Gasteiger partial charge in [0.25, 0.3) is 0 Å². The topological polar surface area (TPSA) is 84.7 Å². The number of ether oxygens (including phenoxy) is 1. The zero-order valence-corrected chi connectivity index (χ0v) is 13.4. The van der Waals surface area contributed by atoms with Crippen molar-refractivity contribution in [2.75, 3.05) is 33.3 Å². The Hall–Kier alpha value is -1.06. The number of rotatable bonds is 5. The number of hydrogen-bond donors (Lipinski definition) is 2. The van der Waals surface area contributed by atoms with Crippen LogP contribution in [-0.2, 0) is 14.8 Å². The maximum absolute atomic E-state index is 12.4. The van der Waals surface area contributed by atoms with Gasteiger partial charge < -0.3 is 15.4 Å². The fourth-order valence-electron chi connectivity index (χ4n) is 2.18. The van der Waals surface area contributed by atoms with Crippen LogP contribution in [0.2, 0.25) is 0 Å². The molecule has 116 valence electrons. The summed E-state index contributed by atoms with van der Waals surface area (Å²) in [5.74, 6) is 0. The first kappa shape index (κ1) is 16.3. The summed E-state index contributed by atoms with van der Waals surface area (Å²) in [6.45, 7) is 2.37. The molecule has 0 saturated carbocycles. The van der Waals surface area contributed by atoms with Gasteiger partial charge in [-0.2, -0.15) is 0 Å². The van der Waals surface area contributed by atoms with E-state index in [9.17, 15) is 8.42 Å². The number of sulfonamides is 1. The first-order valence-corrected chi connectivity index (χ1v) is 8.48. The molecule has 0 aromatic heterocycles. The van der Waals surface area contributed by atoms with E-state index in [1.54, 1.807) is 18.2 Å². The highest BCUT2D eigenvalue weighted by molar-refractivity contribution is 7.89. The van der Waals surface area contributed by atoms with Crippen LogP contribution in [0.1, 0.15) is 5.56 Å². The molecule has 8 heteroatoms. The number of nitrogens with zero attached hydrogens (tertiary/aromatic N) is 1. The Morgan fingerprint density at radius 2 is 2.24 bits per heavy atom. The van der Waals surface area contributed by atoms with Crippen LogP contribution in [0.3, 0.4) is 0 Å². The summed E-state index contributed by atoms with van der Waals surface area (Å²) < 4.78 is 32.9. The summed E-state index contributed by atoms with van der Waals surface area (Å²) in [6.07, 6.45) is -0.157. The number of benzene rings is 1. The van der Waals surface area contributed by atoms with Crippen LogP contribution in [0.4, 0.5) is 0 Å². The zero-order chi connectivity index (χ0) is 15.5. The fourth-order valence-corrected chi connectivity index (χ4v) is 3.70. The van der Waals surface area contributed by atoms with Crippen molar-refractivity contribution in [2.24, 2.45) is 5.73 Å². The van der Waals surface area contributed by atoms with Crippen molar-refractivity contribution >= 4 is 27.2 Å². The van der Waals surface area contributed by atoms with E-state index < -0.39 is 10.0 Å². The molecule has 21 heavy (non-hydrogen) atoms. The number of thiocarbonyl (C=S) groups is 1. The van der Waals surface area contributed by atoms with E-state index in [-0.39, 0.29) is 22.5 Å². The standard InChI is InChI=1S/C13H19N3O3S2/c1-16-6-7-19-10(9-16)8-15-21(17,18)12-5-3-2-4-11(12)13(14)20/h2-5,10,15H,6-9H2,1H3,(H2,14,20). The van der Waals surface area contributed by atoms with E-state index in [1.807, 2.05) is 7.05 Å². The van der Waals surface area contributed by atoms with E-state index in [4.69, 9.17) is 22.7 Å². The number of morpholine rings is 1. The molecule has 0 bridgehead atoms. The van der Waals surface area contributed by atoms with E-state index in [1.165, 1.54) is 6.07 Å². The predicted octanol–water partition coefficient (Wildman–Crippen LogP) is -0.0703. The largest absolute Gasteiger partial charge is 0.389 e. The molecule has 0 aliphatic carbocycles. The highest BCUT2D eigenvalue weighted by Gasteiger charge is 2.23. The molecule has 0 radical (unpaired) electrons. The Kier molecular flexibility index (Phi) is 5.28. The summed E-state index contributed by atoms with van der Waals surface area (Å²) in [5, 5.41) is 0. The van der Waals surface area contributed by atoms with Gasteiger partial charge in [0, 0.05) is 25.2 Å². The van der Waals surface area contributed by atoms with Crippen LogP contribution in [0, 0.1) is 0 Å². The third-order valence-electron chi connectivity index (χ3n) is 3.28. The minimum Gasteiger partial charge on any atom is -0.389 e.